The number of aryl methyl sites for hydroxylation is 1. The fraction of sp³-hybridized carbons (Fsp3) is 0.467. The minimum absolute atomic E-state index is 1.18. The van der Waals surface area contributed by atoms with E-state index in [2.05, 4.69) is 51.2 Å². The van der Waals surface area contributed by atoms with Crippen LogP contribution in [0.5, 0.6) is 0 Å². The summed E-state index contributed by atoms with van der Waals surface area (Å²) in [5.74, 6) is 0. The Morgan fingerprint density at radius 3 is 2.50 bits per heavy atom. The average Bonchev–Trinajstić information content (AvgIpc) is 2.29. The molecule has 16 heavy (non-hydrogen) atoms. The lowest BCUT2D eigenvalue weighted by atomic mass is 9.95. The molecule has 0 aliphatic carbocycles. The van der Waals surface area contributed by atoms with Crippen LogP contribution < -0.4 is 5.32 Å². The van der Waals surface area contributed by atoms with E-state index in [0.29, 0.717) is 0 Å². The summed E-state index contributed by atoms with van der Waals surface area (Å²) in [7, 11) is 1.96. The highest BCUT2D eigenvalue weighted by molar-refractivity contribution is 5.72. The molecule has 88 valence electrons. The first-order chi connectivity index (χ1) is 7.60. The van der Waals surface area contributed by atoms with Crippen molar-refractivity contribution in [2.45, 2.75) is 40.5 Å². The lowest BCUT2D eigenvalue weighted by Gasteiger charge is -2.12. The van der Waals surface area contributed by atoms with Crippen molar-refractivity contribution in [1.82, 2.24) is 0 Å². The fourth-order valence-electron chi connectivity index (χ4n) is 1.97. The van der Waals surface area contributed by atoms with Gasteiger partial charge < -0.3 is 5.32 Å². The van der Waals surface area contributed by atoms with E-state index >= 15 is 0 Å². The highest BCUT2D eigenvalue weighted by Gasteiger charge is 2.04. The maximum absolute atomic E-state index is 3.20. The molecule has 1 nitrogen and oxygen atoms in total. The van der Waals surface area contributed by atoms with Crippen molar-refractivity contribution in [3.63, 3.8) is 0 Å². The van der Waals surface area contributed by atoms with Crippen LogP contribution in [-0.2, 0) is 0 Å². The zero-order valence-corrected chi connectivity index (χ0v) is 11.1. The number of benzene rings is 1. The first-order valence-electron chi connectivity index (χ1n) is 6.05. The molecule has 1 aromatic rings. The Hall–Kier alpha value is -1.24. The highest BCUT2D eigenvalue weighted by atomic mass is 14.8. The van der Waals surface area contributed by atoms with Gasteiger partial charge in [0.1, 0.15) is 0 Å². The summed E-state index contributed by atoms with van der Waals surface area (Å²) in [5, 5.41) is 3.20. The quantitative estimate of drug-likeness (QED) is 0.775. The zero-order chi connectivity index (χ0) is 12.1. The topological polar surface area (TPSA) is 12.0 Å². The van der Waals surface area contributed by atoms with Crippen molar-refractivity contribution in [2.24, 2.45) is 0 Å². The molecule has 0 aliphatic heterocycles. The number of rotatable bonds is 4. The third-order valence-electron chi connectivity index (χ3n) is 3.20. The lowest BCUT2D eigenvalue weighted by molar-refractivity contribution is 0.906. The molecule has 0 fully saturated rings. The zero-order valence-electron chi connectivity index (χ0n) is 11.1. The minimum atomic E-state index is 1.18. The van der Waals surface area contributed by atoms with Crippen LogP contribution in [0.1, 0.15) is 44.7 Å². The Labute approximate surface area is 99.6 Å². The molecule has 0 aromatic heterocycles. The van der Waals surface area contributed by atoms with Crippen molar-refractivity contribution < 1.29 is 0 Å². The third-order valence-corrected chi connectivity index (χ3v) is 3.20. The lowest BCUT2D eigenvalue weighted by Crippen LogP contribution is -1.94. The molecule has 0 heterocycles. The van der Waals surface area contributed by atoms with Gasteiger partial charge >= 0.3 is 0 Å². The van der Waals surface area contributed by atoms with Gasteiger partial charge in [0.15, 0.2) is 0 Å². The van der Waals surface area contributed by atoms with Gasteiger partial charge in [0.05, 0.1) is 0 Å². The number of allylic oxidation sites excluding steroid dienone is 2. The van der Waals surface area contributed by atoms with Crippen LogP contribution in [0.3, 0.4) is 0 Å². The maximum Gasteiger partial charge on any atom is 0.0343 e. The van der Waals surface area contributed by atoms with Gasteiger partial charge in [0, 0.05) is 12.7 Å². The molecule has 1 rings (SSSR count). The van der Waals surface area contributed by atoms with E-state index < -0.39 is 0 Å². The van der Waals surface area contributed by atoms with E-state index in [4.69, 9.17) is 0 Å². The van der Waals surface area contributed by atoms with Gasteiger partial charge in [-0.2, -0.15) is 0 Å². The van der Waals surface area contributed by atoms with Gasteiger partial charge in [0.2, 0.25) is 0 Å². The largest absolute Gasteiger partial charge is 0.388 e. The van der Waals surface area contributed by atoms with Crippen LogP contribution in [0.15, 0.2) is 23.8 Å². The molecule has 0 bridgehead atoms. The maximum atomic E-state index is 3.20. The van der Waals surface area contributed by atoms with Crippen molar-refractivity contribution >= 4 is 11.3 Å². The Morgan fingerprint density at radius 2 is 1.94 bits per heavy atom. The second-order valence-corrected chi connectivity index (χ2v) is 4.44. The van der Waals surface area contributed by atoms with E-state index in [0.717, 1.165) is 0 Å². The van der Waals surface area contributed by atoms with Gasteiger partial charge in [-0.15, -0.1) is 0 Å². The van der Waals surface area contributed by atoms with Crippen LogP contribution in [0.2, 0.25) is 0 Å². The summed E-state index contributed by atoms with van der Waals surface area (Å²) in [5.41, 5.74) is 6.84. The van der Waals surface area contributed by atoms with Crippen molar-refractivity contribution in [2.75, 3.05) is 12.4 Å². The van der Waals surface area contributed by atoms with E-state index in [1.54, 1.807) is 0 Å². The van der Waals surface area contributed by atoms with Gasteiger partial charge in [-0.25, -0.2) is 0 Å². The van der Waals surface area contributed by atoms with Crippen LogP contribution in [0.25, 0.3) is 5.57 Å². The number of nitrogens with one attached hydrogen (secondary N) is 1. The molecule has 0 saturated heterocycles. The van der Waals surface area contributed by atoms with Crippen molar-refractivity contribution in [3.05, 3.63) is 34.9 Å². The van der Waals surface area contributed by atoms with Crippen LogP contribution in [0, 0.1) is 6.92 Å². The van der Waals surface area contributed by atoms with E-state index in [9.17, 15) is 0 Å². The Kier molecular flexibility index (Phi) is 4.60. The Balaban J connectivity index is 3.16. The second-order valence-electron chi connectivity index (χ2n) is 4.44. The number of anilines is 1. The normalized spacial score (nSPS) is 12.3. The van der Waals surface area contributed by atoms with E-state index in [1.165, 1.54) is 40.8 Å². The smallest absolute Gasteiger partial charge is 0.0343 e. The summed E-state index contributed by atoms with van der Waals surface area (Å²) in [4.78, 5) is 0. The predicted molar refractivity (Wildman–Crippen MR) is 73.9 cm³/mol. The summed E-state index contributed by atoms with van der Waals surface area (Å²) < 4.78 is 0. The molecule has 1 N–H and O–H groups in total. The third kappa shape index (κ3) is 2.88. The first-order valence-corrected chi connectivity index (χ1v) is 6.05. The van der Waals surface area contributed by atoms with Crippen LogP contribution >= 0.6 is 0 Å². The molecule has 0 unspecified atom stereocenters. The van der Waals surface area contributed by atoms with Gasteiger partial charge in [0.25, 0.3) is 0 Å². The standard InChI is InChI=1S/C15H23N/c1-6-7-11(2)13(4)15-10-14(16-5)9-8-12(15)3/h8-10,16H,6-7H2,1-5H3/b13-11-. The first kappa shape index (κ1) is 12.8. The molecule has 0 aliphatic rings. The molecular weight excluding hydrogens is 194 g/mol. The van der Waals surface area contributed by atoms with Crippen molar-refractivity contribution in [1.29, 1.82) is 0 Å². The molecule has 0 saturated carbocycles. The number of hydrogen-bond acceptors (Lipinski definition) is 1. The number of hydrogen-bond donors (Lipinski definition) is 1. The monoisotopic (exact) mass is 217 g/mol. The molecule has 0 spiro atoms. The minimum Gasteiger partial charge on any atom is -0.388 e. The van der Waals surface area contributed by atoms with E-state index in [-0.39, 0.29) is 0 Å². The van der Waals surface area contributed by atoms with Gasteiger partial charge in [-0.3, -0.25) is 0 Å². The fourth-order valence-corrected chi connectivity index (χ4v) is 1.97. The molecule has 0 radical (unpaired) electrons. The summed E-state index contributed by atoms with van der Waals surface area (Å²) >= 11 is 0. The average molecular weight is 217 g/mol. The molecule has 1 heteroatoms. The molecule has 1 aromatic carbocycles. The second kappa shape index (κ2) is 5.74. The van der Waals surface area contributed by atoms with Gasteiger partial charge in [-0.05, 0) is 56.0 Å². The van der Waals surface area contributed by atoms with E-state index in [1.807, 2.05) is 7.05 Å². The highest BCUT2D eigenvalue weighted by Crippen LogP contribution is 2.26. The predicted octanol–water partition coefficient (Wildman–Crippen LogP) is 4.63. The van der Waals surface area contributed by atoms with Gasteiger partial charge in [-0.1, -0.05) is 25.0 Å². The van der Waals surface area contributed by atoms with Crippen LogP contribution in [-0.4, -0.2) is 7.05 Å². The van der Waals surface area contributed by atoms with Crippen molar-refractivity contribution in [3.8, 4) is 0 Å². The SMILES string of the molecule is CCC/C(C)=C(/C)c1cc(NC)ccc1C. The Morgan fingerprint density at radius 1 is 1.25 bits per heavy atom. The van der Waals surface area contributed by atoms with Crippen LogP contribution in [0.4, 0.5) is 5.69 Å². The molecular formula is C15H23N. The summed E-state index contributed by atoms with van der Waals surface area (Å²) in [6.45, 7) is 8.88. The summed E-state index contributed by atoms with van der Waals surface area (Å²) in [6, 6.07) is 6.55. The summed E-state index contributed by atoms with van der Waals surface area (Å²) in [6.07, 6.45) is 2.41. The molecule has 0 amide bonds. The Bertz CT molecular complexity index is 388. The molecule has 0 atom stereocenters.